The summed E-state index contributed by atoms with van der Waals surface area (Å²) in [6.45, 7) is 0.720. The average molecular weight is 333 g/mol. The molecule has 0 amide bonds. The highest BCUT2D eigenvalue weighted by Gasteiger charge is 2.20. The van der Waals surface area contributed by atoms with Gasteiger partial charge in [-0.15, -0.1) is 0 Å². The zero-order valence-electron chi connectivity index (χ0n) is 11.2. The number of rotatable bonds is 5. The van der Waals surface area contributed by atoms with Crippen molar-refractivity contribution in [3.8, 4) is 5.75 Å². The molecule has 1 heterocycles. The molecular formula is C16H17BrN2O. The molecule has 20 heavy (non-hydrogen) atoms. The van der Waals surface area contributed by atoms with Crippen LogP contribution in [0.15, 0.2) is 47.1 Å². The van der Waals surface area contributed by atoms with Gasteiger partial charge in [0.25, 0.3) is 0 Å². The van der Waals surface area contributed by atoms with E-state index in [0.29, 0.717) is 6.10 Å². The second-order valence-corrected chi connectivity index (χ2v) is 5.91. The molecule has 1 aliphatic carbocycles. The lowest BCUT2D eigenvalue weighted by atomic mass is 9.96. The molecule has 0 saturated heterocycles. The van der Waals surface area contributed by atoms with Crippen LogP contribution < -0.4 is 10.1 Å². The summed E-state index contributed by atoms with van der Waals surface area (Å²) in [5.41, 5.74) is 1.17. The highest BCUT2D eigenvalue weighted by Crippen LogP contribution is 2.27. The zero-order chi connectivity index (χ0) is 13.8. The molecule has 0 bridgehead atoms. The Morgan fingerprint density at radius 2 is 2.05 bits per heavy atom. The van der Waals surface area contributed by atoms with Gasteiger partial charge in [0.05, 0.1) is 6.10 Å². The lowest BCUT2D eigenvalue weighted by Crippen LogP contribution is -2.25. The largest absolute Gasteiger partial charge is 0.490 e. The molecule has 2 aromatic rings. The van der Waals surface area contributed by atoms with Gasteiger partial charge in [-0.2, -0.15) is 0 Å². The van der Waals surface area contributed by atoms with Gasteiger partial charge in [-0.05, 0) is 53.4 Å². The molecule has 3 rings (SSSR count). The first-order valence-electron chi connectivity index (χ1n) is 6.91. The summed E-state index contributed by atoms with van der Waals surface area (Å²) < 4.78 is 7.00. The summed E-state index contributed by atoms with van der Waals surface area (Å²) >= 11 is 3.38. The highest BCUT2D eigenvalue weighted by molar-refractivity contribution is 9.10. The summed E-state index contributed by atoms with van der Waals surface area (Å²) in [5, 5.41) is 3.33. The molecule has 104 valence electrons. The van der Waals surface area contributed by atoms with Gasteiger partial charge in [-0.1, -0.05) is 18.2 Å². The van der Waals surface area contributed by atoms with E-state index in [1.54, 1.807) is 6.20 Å². The van der Waals surface area contributed by atoms with Crippen LogP contribution in [0.4, 0.5) is 5.82 Å². The number of nitrogens with zero attached hydrogens (tertiary/aromatic N) is 1. The summed E-state index contributed by atoms with van der Waals surface area (Å²) in [5.74, 6) is 1.86. The van der Waals surface area contributed by atoms with Crippen molar-refractivity contribution in [1.29, 1.82) is 0 Å². The first kappa shape index (κ1) is 13.4. The van der Waals surface area contributed by atoms with Gasteiger partial charge < -0.3 is 10.1 Å². The molecule has 1 aromatic carbocycles. The quantitative estimate of drug-likeness (QED) is 0.881. The van der Waals surface area contributed by atoms with E-state index >= 15 is 0 Å². The Hall–Kier alpha value is -1.55. The number of aromatic nitrogens is 1. The van der Waals surface area contributed by atoms with E-state index < -0.39 is 0 Å². The Morgan fingerprint density at radius 1 is 1.20 bits per heavy atom. The van der Waals surface area contributed by atoms with Crippen LogP contribution in [-0.2, 0) is 6.54 Å². The van der Waals surface area contributed by atoms with Crippen molar-refractivity contribution in [2.45, 2.75) is 31.9 Å². The van der Waals surface area contributed by atoms with Crippen molar-refractivity contribution in [2.24, 2.45) is 0 Å². The molecule has 4 heteroatoms. The van der Waals surface area contributed by atoms with Gasteiger partial charge in [0.1, 0.15) is 11.6 Å². The van der Waals surface area contributed by atoms with E-state index in [9.17, 15) is 0 Å². The zero-order valence-corrected chi connectivity index (χ0v) is 12.8. The number of nitrogens with one attached hydrogen (secondary N) is 1. The smallest absolute Gasteiger partial charge is 0.126 e. The lowest BCUT2D eigenvalue weighted by molar-refractivity contribution is 0.119. The van der Waals surface area contributed by atoms with Crippen LogP contribution in [0.25, 0.3) is 0 Å². The number of halogens is 1. The predicted molar refractivity (Wildman–Crippen MR) is 84.0 cm³/mol. The van der Waals surface area contributed by atoms with Crippen molar-refractivity contribution in [1.82, 2.24) is 4.98 Å². The normalized spacial score (nSPS) is 14.7. The molecule has 1 fully saturated rings. The summed E-state index contributed by atoms with van der Waals surface area (Å²) in [4.78, 5) is 4.31. The molecule has 1 aliphatic rings. The van der Waals surface area contributed by atoms with Crippen LogP contribution in [0.3, 0.4) is 0 Å². The number of anilines is 1. The van der Waals surface area contributed by atoms with Crippen molar-refractivity contribution < 1.29 is 4.74 Å². The van der Waals surface area contributed by atoms with E-state index in [4.69, 9.17) is 4.74 Å². The molecule has 0 spiro atoms. The molecule has 1 aromatic heterocycles. The summed E-state index contributed by atoms with van der Waals surface area (Å²) in [6, 6.07) is 12.1. The first-order chi connectivity index (χ1) is 9.81. The van der Waals surface area contributed by atoms with Crippen LogP contribution in [0, 0.1) is 0 Å². The van der Waals surface area contributed by atoms with Gasteiger partial charge in [0.15, 0.2) is 0 Å². The van der Waals surface area contributed by atoms with Crippen LogP contribution in [0.5, 0.6) is 5.75 Å². The topological polar surface area (TPSA) is 34.1 Å². The lowest BCUT2D eigenvalue weighted by Gasteiger charge is -2.27. The Labute approximate surface area is 127 Å². The average Bonchev–Trinajstić information content (AvgIpc) is 2.43. The van der Waals surface area contributed by atoms with Gasteiger partial charge in [-0.3, -0.25) is 0 Å². The van der Waals surface area contributed by atoms with E-state index in [-0.39, 0.29) is 0 Å². The van der Waals surface area contributed by atoms with Gasteiger partial charge in [0.2, 0.25) is 0 Å². The van der Waals surface area contributed by atoms with E-state index in [0.717, 1.165) is 22.6 Å². The van der Waals surface area contributed by atoms with E-state index in [1.165, 1.54) is 24.8 Å². The molecule has 3 nitrogen and oxygen atoms in total. The second kappa shape index (κ2) is 6.27. The second-order valence-electron chi connectivity index (χ2n) is 4.99. The number of para-hydroxylation sites is 1. The maximum atomic E-state index is 6.02. The molecule has 0 radical (unpaired) electrons. The molecule has 0 unspecified atom stereocenters. The molecular weight excluding hydrogens is 316 g/mol. The van der Waals surface area contributed by atoms with E-state index in [2.05, 4.69) is 32.3 Å². The van der Waals surface area contributed by atoms with Crippen LogP contribution in [0.1, 0.15) is 24.8 Å². The number of hydrogen-bond donors (Lipinski definition) is 1. The monoisotopic (exact) mass is 332 g/mol. The van der Waals surface area contributed by atoms with Crippen molar-refractivity contribution in [3.05, 3.63) is 52.6 Å². The Kier molecular flexibility index (Phi) is 4.21. The Morgan fingerprint density at radius 3 is 2.75 bits per heavy atom. The first-order valence-corrected chi connectivity index (χ1v) is 7.70. The summed E-state index contributed by atoms with van der Waals surface area (Å²) in [6.07, 6.45) is 5.83. The third kappa shape index (κ3) is 3.31. The standard InChI is InChI=1S/C16H17BrN2O/c17-13-8-9-16(19-11-13)18-10-12-4-1-2-7-15(12)20-14-5-3-6-14/h1-2,4,7-9,11,14H,3,5-6,10H2,(H,18,19). The molecule has 1 N–H and O–H groups in total. The number of ether oxygens (including phenoxy) is 1. The number of benzene rings is 1. The predicted octanol–water partition coefficient (Wildman–Crippen LogP) is 4.39. The highest BCUT2D eigenvalue weighted by atomic mass is 79.9. The Bertz CT molecular complexity index is 567. The van der Waals surface area contributed by atoms with Gasteiger partial charge >= 0.3 is 0 Å². The maximum Gasteiger partial charge on any atom is 0.126 e. The fraction of sp³-hybridized carbons (Fsp3) is 0.312. The minimum atomic E-state index is 0.405. The minimum absolute atomic E-state index is 0.405. The van der Waals surface area contributed by atoms with Crippen LogP contribution in [0.2, 0.25) is 0 Å². The van der Waals surface area contributed by atoms with Crippen molar-refractivity contribution in [3.63, 3.8) is 0 Å². The molecule has 1 saturated carbocycles. The van der Waals surface area contributed by atoms with Crippen molar-refractivity contribution in [2.75, 3.05) is 5.32 Å². The minimum Gasteiger partial charge on any atom is -0.490 e. The fourth-order valence-electron chi connectivity index (χ4n) is 2.10. The van der Waals surface area contributed by atoms with Crippen LogP contribution in [-0.4, -0.2) is 11.1 Å². The molecule has 0 aliphatic heterocycles. The fourth-order valence-corrected chi connectivity index (χ4v) is 2.33. The van der Waals surface area contributed by atoms with Gasteiger partial charge in [-0.25, -0.2) is 4.98 Å². The van der Waals surface area contributed by atoms with Crippen molar-refractivity contribution >= 4 is 21.7 Å². The Balaban J connectivity index is 1.65. The third-order valence-corrected chi connectivity index (χ3v) is 3.97. The number of pyridine rings is 1. The van der Waals surface area contributed by atoms with E-state index in [1.807, 2.05) is 30.3 Å². The third-order valence-electron chi connectivity index (χ3n) is 3.51. The maximum absolute atomic E-state index is 6.02. The molecule has 0 atom stereocenters. The van der Waals surface area contributed by atoms with Gasteiger partial charge in [0, 0.05) is 22.8 Å². The number of hydrogen-bond acceptors (Lipinski definition) is 3. The van der Waals surface area contributed by atoms with Crippen LogP contribution >= 0.6 is 15.9 Å². The summed E-state index contributed by atoms with van der Waals surface area (Å²) in [7, 11) is 0. The SMILES string of the molecule is Brc1ccc(NCc2ccccc2OC2CCC2)nc1.